The maximum Gasteiger partial charge on any atom is 0.269 e. The van der Waals surface area contributed by atoms with Crippen LogP contribution in [0, 0.1) is 10.1 Å². The number of nitrogens with one attached hydrogen (secondary N) is 2. The summed E-state index contributed by atoms with van der Waals surface area (Å²) in [6, 6.07) is 11.0. The molecular formula is C22H29N5O3S. The molecule has 1 saturated heterocycles. The third-order valence-corrected chi connectivity index (χ3v) is 5.92. The topological polar surface area (TPSA) is 92.0 Å². The maximum absolute atomic E-state index is 10.8. The Morgan fingerprint density at radius 2 is 2.03 bits per heavy atom. The molecule has 1 aromatic carbocycles. The Morgan fingerprint density at radius 1 is 1.29 bits per heavy atom. The largest absolute Gasteiger partial charge is 0.379 e. The molecule has 0 radical (unpaired) electrons. The van der Waals surface area contributed by atoms with E-state index in [1.165, 1.54) is 17.0 Å². The smallest absolute Gasteiger partial charge is 0.269 e. The lowest BCUT2D eigenvalue weighted by molar-refractivity contribution is -0.384. The Balaban J connectivity index is 1.68. The van der Waals surface area contributed by atoms with Gasteiger partial charge in [-0.2, -0.15) is 0 Å². The number of nitrogens with zero attached hydrogens (tertiary/aromatic N) is 3. The van der Waals surface area contributed by atoms with Crippen molar-refractivity contribution in [1.29, 1.82) is 0 Å². The molecule has 2 N–H and O–H groups in total. The zero-order chi connectivity index (χ0) is 22.1. The second-order valence-corrected chi connectivity index (χ2v) is 8.44. The summed E-state index contributed by atoms with van der Waals surface area (Å²) in [6.07, 6.45) is 0. The first-order valence-electron chi connectivity index (χ1n) is 10.3. The van der Waals surface area contributed by atoms with Gasteiger partial charge in [0.15, 0.2) is 5.96 Å². The summed E-state index contributed by atoms with van der Waals surface area (Å²) < 4.78 is 5.52. The normalized spacial score (nSPS) is 16.0. The lowest BCUT2D eigenvalue weighted by Gasteiger charge is -2.34. The van der Waals surface area contributed by atoms with Gasteiger partial charge >= 0.3 is 0 Å². The van der Waals surface area contributed by atoms with E-state index in [4.69, 9.17) is 4.74 Å². The molecule has 0 bridgehead atoms. The van der Waals surface area contributed by atoms with Gasteiger partial charge in [-0.1, -0.05) is 30.4 Å². The predicted octanol–water partition coefficient (Wildman–Crippen LogP) is 3.34. The number of rotatable bonds is 9. The molecule has 0 aliphatic carbocycles. The zero-order valence-corrected chi connectivity index (χ0v) is 18.6. The molecule has 1 fully saturated rings. The van der Waals surface area contributed by atoms with Crippen LogP contribution < -0.4 is 10.6 Å². The number of morpholine rings is 1. The van der Waals surface area contributed by atoms with Crippen molar-refractivity contribution in [2.75, 3.05) is 39.4 Å². The first-order valence-corrected chi connectivity index (χ1v) is 11.2. The van der Waals surface area contributed by atoms with Crippen LogP contribution >= 0.6 is 11.3 Å². The summed E-state index contributed by atoms with van der Waals surface area (Å²) in [7, 11) is 0. The van der Waals surface area contributed by atoms with E-state index in [1.807, 2.05) is 6.92 Å². The fraction of sp³-hybridized carbons (Fsp3) is 0.409. The Bertz CT molecular complexity index is 877. The van der Waals surface area contributed by atoms with Gasteiger partial charge in [0.1, 0.15) is 0 Å². The van der Waals surface area contributed by atoms with Crippen LogP contribution in [0.15, 0.2) is 58.9 Å². The highest BCUT2D eigenvalue weighted by atomic mass is 32.1. The Morgan fingerprint density at radius 3 is 2.65 bits per heavy atom. The third kappa shape index (κ3) is 7.16. The molecule has 0 amide bonds. The van der Waals surface area contributed by atoms with Gasteiger partial charge in [-0.3, -0.25) is 15.0 Å². The monoisotopic (exact) mass is 443 g/mol. The molecule has 1 atom stereocenters. The first-order chi connectivity index (χ1) is 15.0. The Hall–Kier alpha value is -2.75. The molecule has 9 heteroatoms. The standard InChI is InChI=1S/C22H29N5O3S/c1-17(2)14-23-22(24-15-18-5-7-19(8-6-18)27(28)29)25-16-20(21-4-3-13-31-21)26-9-11-30-12-10-26/h3-8,13,20H,1,9-12,14-16H2,2H3,(H2,23,24,25). The summed E-state index contributed by atoms with van der Waals surface area (Å²) in [5.74, 6) is 0.691. The number of thiophene rings is 1. The van der Waals surface area contributed by atoms with E-state index in [0.29, 0.717) is 25.6 Å². The molecule has 8 nitrogen and oxygen atoms in total. The molecule has 3 rings (SSSR count). The number of aliphatic imine (C=N–C) groups is 1. The van der Waals surface area contributed by atoms with Crippen LogP contribution in [-0.4, -0.2) is 55.2 Å². The number of ether oxygens (including phenoxy) is 1. The van der Waals surface area contributed by atoms with Crippen molar-refractivity contribution in [2.45, 2.75) is 19.5 Å². The molecule has 2 aromatic rings. The molecule has 0 saturated carbocycles. The van der Waals surface area contributed by atoms with Crippen LogP contribution in [0.4, 0.5) is 5.69 Å². The molecule has 1 aromatic heterocycles. The molecule has 2 heterocycles. The fourth-order valence-electron chi connectivity index (χ4n) is 3.28. The van der Waals surface area contributed by atoms with Crippen molar-refractivity contribution < 1.29 is 9.66 Å². The number of benzene rings is 1. The van der Waals surface area contributed by atoms with Crippen LogP contribution in [-0.2, 0) is 11.3 Å². The highest BCUT2D eigenvalue weighted by molar-refractivity contribution is 7.10. The van der Waals surface area contributed by atoms with Crippen molar-refractivity contribution in [1.82, 2.24) is 15.5 Å². The van der Waals surface area contributed by atoms with E-state index >= 15 is 0 Å². The van der Waals surface area contributed by atoms with Crippen molar-refractivity contribution in [3.8, 4) is 0 Å². The average molecular weight is 444 g/mol. The van der Waals surface area contributed by atoms with Crippen molar-refractivity contribution in [3.63, 3.8) is 0 Å². The second-order valence-electron chi connectivity index (χ2n) is 7.46. The maximum atomic E-state index is 10.8. The van der Waals surface area contributed by atoms with Gasteiger partial charge in [-0.15, -0.1) is 11.3 Å². The fourth-order valence-corrected chi connectivity index (χ4v) is 4.14. The highest BCUT2D eigenvalue weighted by Gasteiger charge is 2.23. The lowest BCUT2D eigenvalue weighted by Crippen LogP contribution is -2.46. The molecule has 31 heavy (non-hydrogen) atoms. The molecular weight excluding hydrogens is 414 g/mol. The summed E-state index contributed by atoms with van der Waals surface area (Å²) in [6.45, 7) is 11.0. The van der Waals surface area contributed by atoms with Crippen LogP contribution in [0.3, 0.4) is 0 Å². The summed E-state index contributed by atoms with van der Waals surface area (Å²) in [5.41, 5.74) is 1.99. The number of non-ortho nitro benzene ring substituents is 1. The Labute approximate surface area is 186 Å². The minimum absolute atomic E-state index is 0.0794. The van der Waals surface area contributed by atoms with Gasteiger partial charge in [0.25, 0.3) is 5.69 Å². The molecule has 166 valence electrons. The van der Waals surface area contributed by atoms with Gasteiger partial charge in [-0.05, 0) is 23.9 Å². The first kappa shape index (κ1) is 22.9. The van der Waals surface area contributed by atoms with E-state index in [9.17, 15) is 10.1 Å². The zero-order valence-electron chi connectivity index (χ0n) is 17.8. The summed E-state index contributed by atoms with van der Waals surface area (Å²) >= 11 is 1.76. The van der Waals surface area contributed by atoms with Crippen LogP contribution in [0.5, 0.6) is 0 Å². The number of nitro groups is 1. The SMILES string of the molecule is C=C(C)CNC(=NCc1ccc([N+](=O)[O-])cc1)NCC(c1cccs1)N1CCOCC1. The van der Waals surface area contributed by atoms with Gasteiger partial charge in [0, 0.05) is 43.2 Å². The quantitative estimate of drug-likeness (QED) is 0.203. The van der Waals surface area contributed by atoms with Gasteiger partial charge in [-0.25, -0.2) is 4.99 Å². The minimum atomic E-state index is -0.398. The van der Waals surface area contributed by atoms with E-state index in [1.54, 1.807) is 23.5 Å². The lowest BCUT2D eigenvalue weighted by atomic mass is 10.2. The number of nitro benzene ring substituents is 1. The van der Waals surface area contributed by atoms with Crippen LogP contribution in [0.2, 0.25) is 0 Å². The molecule has 1 aliphatic heterocycles. The molecule has 1 aliphatic rings. The van der Waals surface area contributed by atoms with Crippen molar-refractivity contribution >= 4 is 23.0 Å². The molecule has 0 spiro atoms. The number of hydrogen-bond donors (Lipinski definition) is 2. The van der Waals surface area contributed by atoms with Gasteiger partial charge < -0.3 is 15.4 Å². The summed E-state index contributed by atoms with van der Waals surface area (Å²) in [4.78, 5) is 18.9. The van der Waals surface area contributed by atoms with Crippen molar-refractivity contribution in [3.05, 3.63) is 74.5 Å². The molecule has 1 unspecified atom stereocenters. The van der Waals surface area contributed by atoms with E-state index in [0.717, 1.165) is 37.4 Å². The van der Waals surface area contributed by atoms with Crippen LogP contribution in [0.1, 0.15) is 23.4 Å². The highest BCUT2D eigenvalue weighted by Crippen LogP contribution is 2.25. The number of hydrogen-bond acceptors (Lipinski definition) is 6. The van der Waals surface area contributed by atoms with Gasteiger partial charge in [0.2, 0.25) is 0 Å². The Kier molecular flexibility index (Phi) is 8.57. The minimum Gasteiger partial charge on any atom is -0.379 e. The van der Waals surface area contributed by atoms with E-state index in [-0.39, 0.29) is 11.7 Å². The number of guanidine groups is 1. The third-order valence-electron chi connectivity index (χ3n) is 4.95. The van der Waals surface area contributed by atoms with E-state index in [2.05, 4.69) is 44.6 Å². The second kappa shape index (κ2) is 11.6. The predicted molar refractivity (Wildman–Crippen MR) is 125 cm³/mol. The van der Waals surface area contributed by atoms with E-state index < -0.39 is 4.92 Å². The average Bonchev–Trinajstić information content (AvgIpc) is 3.30. The summed E-state index contributed by atoms with van der Waals surface area (Å²) in [5, 5.41) is 19.7. The van der Waals surface area contributed by atoms with Gasteiger partial charge in [0.05, 0.1) is 30.7 Å². The van der Waals surface area contributed by atoms with Crippen molar-refractivity contribution in [2.24, 2.45) is 4.99 Å². The van der Waals surface area contributed by atoms with Crippen LogP contribution in [0.25, 0.3) is 0 Å².